The van der Waals surface area contributed by atoms with Crippen LogP contribution >= 0.6 is 0 Å². The van der Waals surface area contributed by atoms with E-state index in [0.717, 1.165) is 0 Å². The van der Waals surface area contributed by atoms with Crippen LogP contribution in [0.25, 0.3) is 0 Å². The number of hydrogen-bond donors (Lipinski definition) is 2. The summed E-state index contributed by atoms with van der Waals surface area (Å²) >= 11 is 0. The molecule has 116 valence electrons. The predicted molar refractivity (Wildman–Crippen MR) is 84.8 cm³/mol. The molecule has 1 heterocycles. The van der Waals surface area contributed by atoms with Gasteiger partial charge in [-0.15, -0.1) is 0 Å². The fraction of sp³-hybridized carbons (Fsp3) is 0.118. The second-order valence-corrected chi connectivity index (χ2v) is 4.40. The van der Waals surface area contributed by atoms with Crippen molar-refractivity contribution in [2.45, 2.75) is 0 Å². The Hall–Kier alpha value is -3.33. The van der Waals surface area contributed by atoms with Crippen molar-refractivity contribution in [1.82, 2.24) is 10.3 Å². The average molecular weight is 309 g/mol. The summed E-state index contributed by atoms with van der Waals surface area (Å²) in [4.78, 5) is 26.8. The summed E-state index contributed by atoms with van der Waals surface area (Å²) in [5.74, 6) is 5.03. The molecule has 3 N–H and O–H groups in total. The van der Waals surface area contributed by atoms with E-state index in [-0.39, 0.29) is 19.1 Å². The number of primary amides is 1. The largest absolute Gasteiger partial charge is 0.480 e. The Balaban J connectivity index is 1.79. The van der Waals surface area contributed by atoms with E-state index in [1.54, 1.807) is 48.7 Å². The Bertz CT molecular complexity index is 748. The maximum absolute atomic E-state index is 11.7. The normalized spacial score (nSPS) is 9.39. The Kier molecular flexibility index (Phi) is 5.72. The van der Waals surface area contributed by atoms with Crippen LogP contribution in [-0.2, 0) is 0 Å². The van der Waals surface area contributed by atoms with Gasteiger partial charge in [-0.3, -0.25) is 14.6 Å². The van der Waals surface area contributed by atoms with Gasteiger partial charge in [0.15, 0.2) is 0 Å². The maximum Gasteiger partial charge on any atom is 0.270 e. The van der Waals surface area contributed by atoms with Crippen molar-refractivity contribution in [1.29, 1.82) is 0 Å². The molecule has 1 aromatic carbocycles. The number of para-hydroxylation sites is 1. The van der Waals surface area contributed by atoms with Gasteiger partial charge in [0.05, 0.1) is 12.1 Å². The van der Waals surface area contributed by atoms with Gasteiger partial charge in [0, 0.05) is 6.20 Å². The van der Waals surface area contributed by atoms with Gasteiger partial charge < -0.3 is 15.8 Å². The van der Waals surface area contributed by atoms with Crippen LogP contribution in [-0.4, -0.2) is 29.9 Å². The van der Waals surface area contributed by atoms with Gasteiger partial charge in [-0.2, -0.15) is 0 Å². The third kappa shape index (κ3) is 4.86. The summed E-state index contributed by atoms with van der Waals surface area (Å²) < 4.78 is 5.39. The van der Waals surface area contributed by atoms with Gasteiger partial charge >= 0.3 is 0 Å². The summed E-state index contributed by atoms with van der Waals surface area (Å²) in [6.45, 7) is 0.264. The Morgan fingerprint density at radius 3 is 2.65 bits per heavy atom. The second kappa shape index (κ2) is 8.20. The van der Waals surface area contributed by atoms with E-state index in [0.29, 0.717) is 17.0 Å². The number of carbonyl (C=O) groups is 2. The average Bonchev–Trinajstić information content (AvgIpc) is 2.58. The lowest BCUT2D eigenvalue weighted by Gasteiger charge is -2.05. The third-order valence-electron chi connectivity index (χ3n) is 2.81. The standard InChI is InChI=1S/C17H15N3O3/c18-16(21)13-7-1-2-9-15(13)23-12-6-5-11-20-17(22)14-8-3-4-10-19-14/h1-4,7-10H,11-12H2,(H2,18,21)(H,20,22). The lowest BCUT2D eigenvalue weighted by atomic mass is 10.2. The number of nitrogens with two attached hydrogens (primary N) is 1. The number of aromatic nitrogens is 1. The fourth-order valence-corrected chi connectivity index (χ4v) is 1.74. The van der Waals surface area contributed by atoms with E-state index in [9.17, 15) is 9.59 Å². The summed E-state index contributed by atoms with van der Waals surface area (Å²) in [7, 11) is 0. The minimum atomic E-state index is -0.559. The van der Waals surface area contributed by atoms with Gasteiger partial charge in [-0.1, -0.05) is 30.0 Å². The van der Waals surface area contributed by atoms with E-state index < -0.39 is 5.91 Å². The fourth-order valence-electron chi connectivity index (χ4n) is 1.74. The molecule has 0 spiro atoms. The minimum Gasteiger partial charge on any atom is -0.480 e. The van der Waals surface area contributed by atoms with Crippen LogP contribution in [0, 0.1) is 11.8 Å². The predicted octanol–water partition coefficient (Wildman–Crippen LogP) is 0.993. The Morgan fingerprint density at radius 2 is 1.91 bits per heavy atom. The molecule has 6 nitrogen and oxygen atoms in total. The summed E-state index contributed by atoms with van der Waals surface area (Å²) in [6, 6.07) is 11.7. The van der Waals surface area contributed by atoms with Crippen molar-refractivity contribution in [2.24, 2.45) is 5.73 Å². The molecule has 6 heteroatoms. The van der Waals surface area contributed by atoms with Gasteiger partial charge in [0.2, 0.25) is 0 Å². The lowest BCUT2D eigenvalue weighted by molar-refractivity contribution is 0.0952. The van der Waals surface area contributed by atoms with Gasteiger partial charge in [-0.05, 0) is 24.3 Å². The van der Waals surface area contributed by atoms with Crippen LogP contribution in [0.2, 0.25) is 0 Å². The van der Waals surface area contributed by atoms with E-state index in [1.807, 2.05) is 0 Å². The smallest absolute Gasteiger partial charge is 0.270 e. The number of nitrogens with zero attached hydrogens (tertiary/aromatic N) is 1. The van der Waals surface area contributed by atoms with Crippen molar-refractivity contribution in [3.8, 4) is 17.6 Å². The van der Waals surface area contributed by atoms with E-state index in [4.69, 9.17) is 10.5 Å². The molecule has 23 heavy (non-hydrogen) atoms. The van der Waals surface area contributed by atoms with Crippen LogP contribution in [0.3, 0.4) is 0 Å². The monoisotopic (exact) mass is 309 g/mol. The molecule has 0 fully saturated rings. The van der Waals surface area contributed by atoms with Gasteiger partial charge in [-0.25, -0.2) is 0 Å². The van der Waals surface area contributed by atoms with E-state index in [1.165, 1.54) is 0 Å². The zero-order valence-corrected chi connectivity index (χ0v) is 12.3. The molecule has 1 aromatic heterocycles. The highest BCUT2D eigenvalue weighted by Crippen LogP contribution is 2.16. The van der Waals surface area contributed by atoms with Crippen LogP contribution < -0.4 is 15.8 Å². The maximum atomic E-state index is 11.7. The number of amides is 2. The first kappa shape index (κ1) is 16.0. The molecule has 0 aliphatic carbocycles. The molecular weight excluding hydrogens is 294 g/mol. The number of ether oxygens (including phenoxy) is 1. The highest BCUT2D eigenvalue weighted by molar-refractivity contribution is 5.95. The molecule has 2 amide bonds. The number of hydrogen-bond acceptors (Lipinski definition) is 4. The molecule has 0 saturated carbocycles. The highest BCUT2D eigenvalue weighted by atomic mass is 16.5. The molecular formula is C17H15N3O3. The first-order valence-corrected chi connectivity index (χ1v) is 6.85. The van der Waals surface area contributed by atoms with Crippen LogP contribution in [0.5, 0.6) is 5.75 Å². The van der Waals surface area contributed by atoms with E-state index >= 15 is 0 Å². The number of rotatable bonds is 5. The van der Waals surface area contributed by atoms with Crippen molar-refractivity contribution in [3.05, 3.63) is 59.9 Å². The Labute approximate surface area is 133 Å². The SMILES string of the molecule is NC(=O)c1ccccc1OCC#CCNC(=O)c1ccccn1. The molecule has 0 radical (unpaired) electrons. The number of pyridine rings is 1. The first-order valence-electron chi connectivity index (χ1n) is 6.85. The Morgan fingerprint density at radius 1 is 1.13 bits per heavy atom. The molecule has 0 aliphatic heterocycles. The highest BCUT2D eigenvalue weighted by Gasteiger charge is 2.07. The molecule has 0 saturated heterocycles. The number of benzene rings is 1. The van der Waals surface area contributed by atoms with Crippen LogP contribution in [0.15, 0.2) is 48.7 Å². The second-order valence-electron chi connectivity index (χ2n) is 4.40. The zero-order valence-electron chi connectivity index (χ0n) is 12.3. The molecule has 0 aliphatic rings. The van der Waals surface area contributed by atoms with Crippen LogP contribution in [0.4, 0.5) is 0 Å². The zero-order chi connectivity index (χ0) is 16.5. The molecule has 0 bridgehead atoms. The van der Waals surface area contributed by atoms with E-state index in [2.05, 4.69) is 22.1 Å². The molecule has 0 atom stereocenters. The van der Waals surface area contributed by atoms with Gasteiger partial charge in [0.25, 0.3) is 11.8 Å². The summed E-state index contributed by atoms with van der Waals surface area (Å²) in [6.07, 6.45) is 1.55. The van der Waals surface area contributed by atoms with Crippen molar-refractivity contribution in [2.75, 3.05) is 13.2 Å². The quantitative estimate of drug-likeness (QED) is 0.805. The molecule has 2 rings (SSSR count). The summed E-state index contributed by atoms with van der Waals surface area (Å²) in [5, 5.41) is 2.62. The van der Waals surface area contributed by atoms with Gasteiger partial charge in [0.1, 0.15) is 18.1 Å². The number of carbonyl (C=O) groups excluding carboxylic acids is 2. The lowest BCUT2D eigenvalue weighted by Crippen LogP contribution is -2.24. The number of nitrogens with one attached hydrogen (secondary N) is 1. The van der Waals surface area contributed by atoms with Crippen molar-refractivity contribution < 1.29 is 14.3 Å². The molecule has 2 aromatic rings. The van der Waals surface area contributed by atoms with Crippen LogP contribution in [0.1, 0.15) is 20.8 Å². The third-order valence-corrected chi connectivity index (χ3v) is 2.81. The summed E-state index contributed by atoms with van der Waals surface area (Å²) in [5.41, 5.74) is 5.88. The first-order chi connectivity index (χ1) is 11.2. The molecule has 0 unspecified atom stereocenters. The minimum absolute atomic E-state index is 0.0871. The topological polar surface area (TPSA) is 94.3 Å². The van der Waals surface area contributed by atoms with Crippen molar-refractivity contribution in [3.63, 3.8) is 0 Å². The van der Waals surface area contributed by atoms with Crippen molar-refractivity contribution >= 4 is 11.8 Å².